The zero-order valence-electron chi connectivity index (χ0n) is 9.99. The number of piperazine rings is 1. The fourth-order valence-corrected chi connectivity index (χ4v) is 2.12. The number of anilines is 1. The van der Waals surface area contributed by atoms with Gasteiger partial charge in [0.1, 0.15) is 5.82 Å². The minimum Gasteiger partial charge on any atom is -0.354 e. The molecule has 0 amide bonds. The Morgan fingerprint density at radius 1 is 1.29 bits per heavy atom. The van der Waals surface area contributed by atoms with Crippen LogP contribution in [0.15, 0.2) is 22.8 Å². The number of pyridine rings is 1. The average molecular weight is 294 g/mol. The van der Waals surface area contributed by atoms with Crippen molar-refractivity contribution in [2.24, 2.45) is 0 Å². The van der Waals surface area contributed by atoms with Crippen LogP contribution < -0.4 is 4.90 Å². The normalized spacial score (nSPS) is 16.5. The highest BCUT2D eigenvalue weighted by Crippen LogP contribution is 2.16. The van der Waals surface area contributed by atoms with Crippen LogP contribution in [0.1, 0.15) is 6.92 Å². The molecule has 0 saturated carbocycles. The minimum atomic E-state index is 0.887. The van der Waals surface area contributed by atoms with Gasteiger partial charge < -0.3 is 4.90 Å². The topological polar surface area (TPSA) is 19.4 Å². The third-order valence-electron chi connectivity index (χ3n) is 2.89. The molecule has 0 atom stereocenters. The average Bonchev–Trinajstić information content (AvgIpc) is 2.38. The van der Waals surface area contributed by atoms with Gasteiger partial charge in [0, 0.05) is 36.8 Å². The van der Waals surface area contributed by atoms with E-state index < -0.39 is 0 Å². The van der Waals surface area contributed by atoms with Crippen LogP contribution in [0.25, 0.3) is 0 Å². The Labute approximate surface area is 111 Å². The molecule has 1 aromatic rings. The number of aromatic nitrogens is 1. The maximum absolute atomic E-state index is 4.42. The van der Waals surface area contributed by atoms with E-state index >= 15 is 0 Å². The van der Waals surface area contributed by atoms with Gasteiger partial charge in [-0.05, 0) is 35.0 Å². The summed E-state index contributed by atoms with van der Waals surface area (Å²) in [5.74, 6) is 7.12. The molecule has 0 radical (unpaired) electrons. The van der Waals surface area contributed by atoms with E-state index in [2.05, 4.69) is 48.6 Å². The summed E-state index contributed by atoms with van der Waals surface area (Å²) in [6.45, 7) is 6.96. The van der Waals surface area contributed by atoms with Crippen LogP contribution in [0.5, 0.6) is 0 Å². The molecule has 0 aromatic carbocycles. The third-order valence-corrected chi connectivity index (χ3v) is 3.36. The third kappa shape index (κ3) is 3.45. The Bertz CT molecular complexity index is 411. The SMILES string of the molecule is CC#CCN1CCN(c2ccc(Br)cn2)CC1. The molecule has 0 N–H and O–H groups in total. The summed E-state index contributed by atoms with van der Waals surface area (Å²) in [5, 5.41) is 0. The molecule has 3 nitrogen and oxygen atoms in total. The molecule has 1 aliphatic rings. The van der Waals surface area contributed by atoms with Crippen molar-refractivity contribution < 1.29 is 0 Å². The van der Waals surface area contributed by atoms with E-state index in [0.717, 1.165) is 43.0 Å². The van der Waals surface area contributed by atoms with Crippen LogP contribution in [0, 0.1) is 11.8 Å². The zero-order chi connectivity index (χ0) is 12.1. The van der Waals surface area contributed by atoms with Crippen LogP contribution in [0.3, 0.4) is 0 Å². The van der Waals surface area contributed by atoms with Gasteiger partial charge in [0.2, 0.25) is 0 Å². The molecule has 4 heteroatoms. The van der Waals surface area contributed by atoms with E-state index in [1.54, 1.807) is 0 Å². The Balaban J connectivity index is 1.89. The summed E-state index contributed by atoms with van der Waals surface area (Å²) in [6, 6.07) is 4.10. The van der Waals surface area contributed by atoms with E-state index in [4.69, 9.17) is 0 Å². The summed E-state index contributed by atoms with van der Waals surface area (Å²) < 4.78 is 1.03. The minimum absolute atomic E-state index is 0.887. The van der Waals surface area contributed by atoms with Gasteiger partial charge in [-0.2, -0.15) is 0 Å². The number of hydrogen-bond donors (Lipinski definition) is 0. The molecule has 0 bridgehead atoms. The lowest BCUT2D eigenvalue weighted by Gasteiger charge is -2.34. The Morgan fingerprint density at radius 2 is 2.06 bits per heavy atom. The van der Waals surface area contributed by atoms with Gasteiger partial charge in [0.05, 0.1) is 6.54 Å². The summed E-state index contributed by atoms with van der Waals surface area (Å²) in [7, 11) is 0. The van der Waals surface area contributed by atoms with Gasteiger partial charge in [0.25, 0.3) is 0 Å². The number of halogens is 1. The van der Waals surface area contributed by atoms with Crippen LogP contribution in [0.4, 0.5) is 5.82 Å². The first-order valence-corrected chi connectivity index (χ1v) is 6.57. The van der Waals surface area contributed by atoms with Crippen LogP contribution in [-0.4, -0.2) is 42.6 Å². The summed E-state index contributed by atoms with van der Waals surface area (Å²) >= 11 is 3.40. The molecule has 2 heterocycles. The van der Waals surface area contributed by atoms with Crippen molar-refractivity contribution in [2.75, 3.05) is 37.6 Å². The maximum atomic E-state index is 4.42. The van der Waals surface area contributed by atoms with Gasteiger partial charge in [-0.3, -0.25) is 4.90 Å². The number of nitrogens with zero attached hydrogens (tertiary/aromatic N) is 3. The maximum Gasteiger partial charge on any atom is 0.128 e. The van der Waals surface area contributed by atoms with Crippen LogP contribution >= 0.6 is 15.9 Å². The highest BCUT2D eigenvalue weighted by atomic mass is 79.9. The Hall–Kier alpha value is -1.05. The molecule has 90 valence electrons. The lowest BCUT2D eigenvalue weighted by molar-refractivity contribution is 0.287. The highest BCUT2D eigenvalue weighted by molar-refractivity contribution is 9.10. The van der Waals surface area contributed by atoms with Crippen molar-refractivity contribution in [1.29, 1.82) is 0 Å². The Morgan fingerprint density at radius 3 is 2.65 bits per heavy atom. The number of rotatable bonds is 2. The number of hydrogen-bond acceptors (Lipinski definition) is 3. The second-order valence-corrected chi connectivity index (χ2v) is 4.94. The van der Waals surface area contributed by atoms with Crippen molar-refractivity contribution in [3.8, 4) is 11.8 Å². The quantitative estimate of drug-likeness (QED) is 0.778. The summed E-state index contributed by atoms with van der Waals surface area (Å²) in [5.41, 5.74) is 0. The molecule has 2 rings (SSSR count). The molecule has 1 fully saturated rings. The van der Waals surface area contributed by atoms with E-state index in [1.165, 1.54) is 0 Å². The second kappa shape index (κ2) is 6.04. The predicted molar refractivity (Wildman–Crippen MR) is 74.0 cm³/mol. The summed E-state index contributed by atoms with van der Waals surface area (Å²) in [6.07, 6.45) is 1.85. The van der Waals surface area contributed by atoms with Crippen LogP contribution in [0.2, 0.25) is 0 Å². The molecular weight excluding hydrogens is 278 g/mol. The smallest absolute Gasteiger partial charge is 0.128 e. The molecule has 0 unspecified atom stereocenters. The van der Waals surface area contributed by atoms with Crippen molar-refractivity contribution in [1.82, 2.24) is 9.88 Å². The zero-order valence-corrected chi connectivity index (χ0v) is 11.6. The van der Waals surface area contributed by atoms with Crippen molar-refractivity contribution in [3.05, 3.63) is 22.8 Å². The highest BCUT2D eigenvalue weighted by Gasteiger charge is 2.16. The molecule has 0 aliphatic carbocycles. The fourth-order valence-electron chi connectivity index (χ4n) is 1.88. The molecule has 17 heavy (non-hydrogen) atoms. The first kappa shape index (κ1) is 12.4. The lowest BCUT2D eigenvalue weighted by atomic mass is 10.3. The molecular formula is C13H16BrN3. The molecule has 0 spiro atoms. The van der Waals surface area contributed by atoms with Gasteiger partial charge >= 0.3 is 0 Å². The standard InChI is InChI=1S/C13H16BrN3/c1-2-3-6-16-7-9-17(10-8-16)13-5-4-12(14)11-15-13/h4-5,11H,6-10H2,1H3. The molecule has 1 saturated heterocycles. The van der Waals surface area contributed by atoms with E-state index in [1.807, 2.05) is 19.2 Å². The van der Waals surface area contributed by atoms with Crippen LogP contribution in [-0.2, 0) is 0 Å². The summed E-state index contributed by atoms with van der Waals surface area (Å²) in [4.78, 5) is 9.12. The first-order valence-electron chi connectivity index (χ1n) is 5.78. The van der Waals surface area contributed by atoms with E-state index in [9.17, 15) is 0 Å². The molecule has 1 aromatic heterocycles. The first-order chi connectivity index (χ1) is 8.29. The Kier molecular flexibility index (Phi) is 4.41. The predicted octanol–water partition coefficient (Wildman–Crippen LogP) is 1.99. The largest absolute Gasteiger partial charge is 0.354 e. The van der Waals surface area contributed by atoms with Gasteiger partial charge in [-0.15, -0.1) is 5.92 Å². The monoisotopic (exact) mass is 293 g/mol. The van der Waals surface area contributed by atoms with E-state index in [-0.39, 0.29) is 0 Å². The van der Waals surface area contributed by atoms with Crippen molar-refractivity contribution in [2.45, 2.75) is 6.92 Å². The fraction of sp³-hybridized carbons (Fsp3) is 0.462. The van der Waals surface area contributed by atoms with E-state index in [0.29, 0.717) is 0 Å². The second-order valence-electron chi connectivity index (χ2n) is 4.02. The van der Waals surface area contributed by atoms with Gasteiger partial charge in [0.15, 0.2) is 0 Å². The van der Waals surface area contributed by atoms with Gasteiger partial charge in [-0.25, -0.2) is 4.98 Å². The van der Waals surface area contributed by atoms with Crippen molar-refractivity contribution in [3.63, 3.8) is 0 Å². The molecule has 1 aliphatic heterocycles. The van der Waals surface area contributed by atoms with Gasteiger partial charge in [-0.1, -0.05) is 5.92 Å². The van der Waals surface area contributed by atoms with Crippen molar-refractivity contribution >= 4 is 21.7 Å². The lowest BCUT2D eigenvalue weighted by Crippen LogP contribution is -2.46.